The van der Waals surface area contributed by atoms with E-state index in [0.717, 1.165) is 6.07 Å². The fourth-order valence-electron chi connectivity index (χ4n) is 2.15. The van der Waals surface area contributed by atoms with E-state index in [2.05, 4.69) is 4.98 Å². The van der Waals surface area contributed by atoms with Crippen molar-refractivity contribution in [2.24, 2.45) is 0 Å². The van der Waals surface area contributed by atoms with Crippen molar-refractivity contribution < 1.29 is 17.8 Å². The van der Waals surface area contributed by atoms with Gasteiger partial charge in [0.1, 0.15) is 10.8 Å². The highest BCUT2D eigenvalue weighted by molar-refractivity contribution is 6.73. The monoisotopic (exact) mass is 291 g/mol. The zero-order valence-electron chi connectivity index (χ0n) is 11.1. The number of halogens is 4. The molecule has 0 atom stereocenters. The minimum atomic E-state index is -4.51. The van der Waals surface area contributed by atoms with Gasteiger partial charge in [0, 0.05) is 10.9 Å². The van der Waals surface area contributed by atoms with Crippen LogP contribution in [0.3, 0.4) is 0 Å². The van der Waals surface area contributed by atoms with E-state index in [1.807, 2.05) is 27.7 Å². The molecule has 1 saturated heterocycles. The molecule has 19 heavy (non-hydrogen) atoms. The lowest BCUT2D eigenvalue weighted by molar-refractivity contribution is -0.141. The van der Waals surface area contributed by atoms with E-state index in [1.165, 1.54) is 6.07 Å². The molecule has 2 rings (SSSR count). The summed E-state index contributed by atoms with van der Waals surface area (Å²) in [5, 5.41) is -0.450. The first-order chi connectivity index (χ1) is 8.45. The van der Waals surface area contributed by atoms with Gasteiger partial charge >= 0.3 is 13.1 Å². The van der Waals surface area contributed by atoms with Crippen LogP contribution in [-0.4, -0.2) is 17.5 Å². The molecule has 2 nitrogen and oxygen atoms in total. The summed E-state index contributed by atoms with van der Waals surface area (Å²) in [7, 11) is 0. The quantitative estimate of drug-likeness (QED) is 0.583. The van der Waals surface area contributed by atoms with Crippen molar-refractivity contribution in [3.63, 3.8) is 0 Å². The number of pyridine rings is 1. The number of rotatable bonds is 1. The molecule has 1 fully saturated rings. The van der Waals surface area contributed by atoms with Gasteiger partial charge in [0.05, 0.1) is 0 Å². The van der Waals surface area contributed by atoms with Crippen LogP contribution in [0.2, 0.25) is 10.5 Å². The summed E-state index contributed by atoms with van der Waals surface area (Å²) in [5.74, 6) is 0. The second-order valence-corrected chi connectivity index (χ2v) is 6.22. The number of hydrogen-bond acceptors (Lipinski definition) is 2. The standard InChI is InChI=1S/C12H14BClF3NO/c1-10(2)11(3,4)19-13(10)7-5-8(12(15,16)17)18-9(14)6-7/h5-6H,1-4H3. The summed E-state index contributed by atoms with van der Waals surface area (Å²) in [6.45, 7) is 7.34. The molecule has 1 aliphatic rings. The van der Waals surface area contributed by atoms with E-state index in [0.29, 0.717) is 5.46 Å². The van der Waals surface area contributed by atoms with E-state index >= 15 is 0 Å². The minimum Gasteiger partial charge on any atom is -0.425 e. The average Bonchev–Trinajstić information content (AvgIpc) is 2.23. The molecule has 104 valence electrons. The number of nitrogens with zero attached hydrogens (tertiary/aromatic N) is 1. The zero-order valence-corrected chi connectivity index (χ0v) is 11.9. The van der Waals surface area contributed by atoms with E-state index in [-0.39, 0.29) is 16.1 Å². The van der Waals surface area contributed by atoms with Gasteiger partial charge in [0.15, 0.2) is 0 Å². The van der Waals surface area contributed by atoms with Gasteiger partial charge in [-0.3, -0.25) is 0 Å². The summed E-state index contributed by atoms with van der Waals surface area (Å²) in [5.41, 5.74) is -0.957. The minimum absolute atomic E-state index is 0.172. The molecule has 0 radical (unpaired) electrons. The largest absolute Gasteiger partial charge is 0.433 e. The molecule has 0 aromatic carbocycles. The third-order valence-electron chi connectivity index (χ3n) is 4.03. The molecular formula is C12H14BClF3NO. The van der Waals surface area contributed by atoms with Gasteiger partial charge < -0.3 is 4.65 Å². The molecule has 0 bridgehead atoms. The lowest BCUT2D eigenvalue weighted by Crippen LogP contribution is -2.66. The summed E-state index contributed by atoms with van der Waals surface area (Å²) < 4.78 is 43.8. The van der Waals surface area contributed by atoms with Crippen molar-refractivity contribution >= 4 is 24.0 Å². The van der Waals surface area contributed by atoms with E-state index < -0.39 is 18.8 Å². The number of alkyl halides is 3. The maximum absolute atomic E-state index is 12.7. The molecule has 1 aromatic heterocycles. The summed E-state index contributed by atoms with van der Waals surface area (Å²) in [6.07, 6.45) is -4.51. The molecular weight excluding hydrogens is 277 g/mol. The molecule has 7 heteroatoms. The molecule has 0 spiro atoms. The van der Waals surface area contributed by atoms with Crippen LogP contribution < -0.4 is 5.46 Å². The van der Waals surface area contributed by atoms with Gasteiger partial charge in [0.2, 0.25) is 0 Å². The van der Waals surface area contributed by atoms with E-state index in [9.17, 15) is 13.2 Å². The number of aromatic nitrogens is 1. The Kier molecular flexibility index (Phi) is 3.18. The first-order valence-electron chi connectivity index (χ1n) is 5.88. The third-order valence-corrected chi connectivity index (χ3v) is 4.22. The van der Waals surface area contributed by atoms with Crippen LogP contribution in [-0.2, 0) is 10.8 Å². The molecule has 0 unspecified atom stereocenters. The van der Waals surface area contributed by atoms with Crippen molar-refractivity contribution in [2.75, 3.05) is 0 Å². The molecule has 2 heterocycles. The van der Waals surface area contributed by atoms with Crippen LogP contribution in [0.4, 0.5) is 13.2 Å². The van der Waals surface area contributed by atoms with Crippen LogP contribution in [0, 0.1) is 0 Å². The second kappa shape index (κ2) is 4.12. The number of hydrogen-bond donors (Lipinski definition) is 0. The van der Waals surface area contributed by atoms with Gasteiger partial charge in [-0.15, -0.1) is 0 Å². The highest BCUT2D eigenvalue weighted by Gasteiger charge is 2.59. The van der Waals surface area contributed by atoms with Crippen molar-refractivity contribution in [3.05, 3.63) is 23.0 Å². The molecule has 0 saturated carbocycles. The third kappa shape index (κ3) is 2.36. The fraction of sp³-hybridized carbons (Fsp3) is 0.583. The Bertz CT molecular complexity index is 516. The fourth-order valence-corrected chi connectivity index (χ4v) is 2.37. The normalized spacial score (nSPS) is 21.2. The molecule has 0 aliphatic carbocycles. The predicted molar refractivity (Wildman–Crippen MR) is 68.8 cm³/mol. The maximum Gasteiger partial charge on any atom is 0.433 e. The lowest BCUT2D eigenvalue weighted by Gasteiger charge is -2.57. The Morgan fingerprint density at radius 2 is 1.79 bits per heavy atom. The van der Waals surface area contributed by atoms with Crippen LogP contribution in [0.5, 0.6) is 0 Å². The molecule has 0 N–H and O–H groups in total. The lowest BCUT2D eigenvalue weighted by atomic mass is 9.33. The molecule has 1 aliphatic heterocycles. The van der Waals surface area contributed by atoms with Crippen LogP contribution in [0.15, 0.2) is 12.1 Å². The van der Waals surface area contributed by atoms with E-state index in [1.54, 1.807) is 0 Å². The smallest absolute Gasteiger partial charge is 0.425 e. The zero-order chi connectivity index (χ0) is 14.6. The molecule has 0 amide bonds. The van der Waals surface area contributed by atoms with Crippen LogP contribution >= 0.6 is 11.6 Å². The second-order valence-electron chi connectivity index (χ2n) is 5.84. The van der Waals surface area contributed by atoms with Gasteiger partial charge in [-0.05, 0) is 31.4 Å². The van der Waals surface area contributed by atoms with Crippen molar-refractivity contribution in [1.82, 2.24) is 4.98 Å². The first-order valence-corrected chi connectivity index (χ1v) is 6.25. The van der Waals surface area contributed by atoms with Gasteiger partial charge in [0.25, 0.3) is 0 Å². The summed E-state index contributed by atoms with van der Waals surface area (Å²) in [6, 6.07) is 2.44. The Hall–Kier alpha value is -0.745. The van der Waals surface area contributed by atoms with E-state index in [4.69, 9.17) is 16.3 Å². The topological polar surface area (TPSA) is 22.1 Å². The van der Waals surface area contributed by atoms with Crippen molar-refractivity contribution in [1.29, 1.82) is 0 Å². The molecule has 1 aromatic rings. The SMILES string of the molecule is CC1(C)OB(c2cc(Cl)nc(C(F)(F)F)c2)C1(C)C. The maximum atomic E-state index is 12.7. The average molecular weight is 292 g/mol. The highest BCUT2D eigenvalue weighted by Crippen LogP contribution is 2.53. The van der Waals surface area contributed by atoms with Gasteiger partial charge in [-0.25, -0.2) is 4.98 Å². The summed E-state index contributed by atoms with van der Waals surface area (Å²) in [4.78, 5) is 3.31. The summed E-state index contributed by atoms with van der Waals surface area (Å²) >= 11 is 5.68. The predicted octanol–water partition coefficient (Wildman–Crippen LogP) is 3.54. The highest BCUT2D eigenvalue weighted by atomic mass is 35.5. The first kappa shape index (κ1) is 14.7. The van der Waals surface area contributed by atoms with Crippen LogP contribution in [0.25, 0.3) is 0 Å². The van der Waals surface area contributed by atoms with Crippen molar-refractivity contribution in [2.45, 2.75) is 44.8 Å². The van der Waals surface area contributed by atoms with Gasteiger partial charge in [-0.1, -0.05) is 25.4 Å². The Morgan fingerprint density at radius 3 is 2.21 bits per heavy atom. The Balaban J connectivity index is 2.41. The Morgan fingerprint density at radius 1 is 1.21 bits per heavy atom. The van der Waals surface area contributed by atoms with Crippen LogP contribution in [0.1, 0.15) is 33.4 Å². The van der Waals surface area contributed by atoms with Crippen molar-refractivity contribution in [3.8, 4) is 0 Å². The van der Waals surface area contributed by atoms with Gasteiger partial charge in [-0.2, -0.15) is 13.2 Å². The Labute approximate surface area is 115 Å².